The fraction of sp³-hybridized carbons (Fsp3) is 0.467. The van der Waals surface area contributed by atoms with E-state index in [1.165, 1.54) is 0 Å². The van der Waals surface area contributed by atoms with Gasteiger partial charge in [0.1, 0.15) is 5.82 Å². The zero-order valence-corrected chi connectivity index (χ0v) is 12.5. The molecule has 0 aliphatic heterocycles. The average Bonchev–Trinajstić information content (AvgIpc) is 2.93. The molecule has 6 nitrogen and oxygen atoms in total. The molecule has 1 atom stereocenters. The second kappa shape index (κ2) is 7.52. The molecule has 2 aromatic heterocycles. The largest absolute Gasteiger partial charge is 0.353 e. The van der Waals surface area contributed by atoms with Gasteiger partial charge in [0.05, 0.1) is 5.69 Å². The van der Waals surface area contributed by atoms with Crippen LogP contribution in [-0.2, 0) is 24.2 Å². The Morgan fingerprint density at radius 2 is 2.19 bits per heavy atom. The lowest BCUT2D eigenvalue weighted by atomic mass is 10.2. The number of amides is 1. The van der Waals surface area contributed by atoms with Gasteiger partial charge in [0.2, 0.25) is 5.91 Å². The van der Waals surface area contributed by atoms with Crippen LogP contribution in [0.1, 0.15) is 31.8 Å². The van der Waals surface area contributed by atoms with Gasteiger partial charge < -0.3 is 9.88 Å². The number of nitrogens with one attached hydrogen (secondary N) is 1. The number of rotatable bonds is 7. The molecule has 0 spiro atoms. The number of hydrogen-bond acceptors (Lipinski definition) is 4. The number of imidazole rings is 1. The molecule has 2 aromatic rings. The van der Waals surface area contributed by atoms with Gasteiger partial charge in [0.25, 0.3) is 0 Å². The van der Waals surface area contributed by atoms with Crippen molar-refractivity contribution >= 4 is 5.91 Å². The maximum atomic E-state index is 12.0. The van der Waals surface area contributed by atoms with Gasteiger partial charge in [-0.25, -0.2) is 4.98 Å². The first-order chi connectivity index (χ1) is 10.2. The minimum absolute atomic E-state index is 0.0437. The molecule has 1 amide bonds. The van der Waals surface area contributed by atoms with Crippen molar-refractivity contribution in [3.63, 3.8) is 0 Å². The van der Waals surface area contributed by atoms with Gasteiger partial charge in [0, 0.05) is 62.8 Å². The molecule has 0 saturated carbocycles. The molecule has 0 fully saturated rings. The Balaban J connectivity index is 1.76. The van der Waals surface area contributed by atoms with Gasteiger partial charge in [-0.05, 0) is 6.92 Å². The molecule has 0 unspecified atom stereocenters. The molecule has 21 heavy (non-hydrogen) atoms. The second-order valence-corrected chi connectivity index (χ2v) is 5.01. The minimum Gasteiger partial charge on any atom is -0.353 e. The smallest absolute Gasteiger partial charge is 0.222 e. The Morgan fingerprint density at radius 1 is 1.33 bits per heavy atom. The number of aryl methyl sites for hydroxylation is 2. The van der Waals surface area contributed by atoms with Crippen molar-refractivity contribution in [1.29, 1.82) is 0 Å². The van der Waals surface area contributed by atoms with E-state index in [9.17, 15) is 4.79 Å². The number of carbonyl (C=O) groups is 1. The third-order valence-corrected chi connectivity index (χ3v) is 3.24. The molecule has 2 rings (SSSR count). The molecule has 0 bridgehead atoms. The first-order valence-corrected chi connectivity index (χ1v) is 7.23. The SMILES string of the molecule is CCc1nccn1CCC(=O)N[C@@H](C)Cc1cnccn1. The van der Waals surface area contributed by atoms with Crippen LogP contribution in [0.4, 0.5) is 0 Å². The lowest BCUT2D eigenvalue weighted by Crippen LogP contribution is -2.34. The van der Waals surface area contributed by atoms with E-state index in [0.717, 1.165) is 17.9 Å². The van der Waals surface area contributed by atoms with Gasteiger partial charge in [-0.1, -0.05) is 6.92 Å². The van der Waals surface area contributed by atoms with E-state index < -0.39 is 0 Å². The number of aromatic nitrogens is 4. The molecule has 1 N–H and O–H groups in total. The standard InChI is InChI=1S/C15H21N5O/c1-3-14-18-7-9-20(14)8-4-15(21)19-12(2)10-13-11-16-5-6-17-13/h5-7,9,11-12H,3-4,8,10H2,1-2H3,(H,19,21)/t12-/m0/s1. The Labute approximate surface area is 124 Å². The molecular weight excluding hydrogens is 266 g/mol. The lowest BCUT2D eigenvalue weighted by Gasteiger charge is -2.13. The summed E-state index contributed by atoms with van der Waals surface area (Å²) < 4.78 is 2.02. The van der Waals surface area contributed by atoms with E-state index >= 15 is 0 Å². The van der Waals surface area contributed by atoms with Crippen molar-refractivity contribution in [3.8, 4) is 0 Å². The Morgan fingerprint density at radius 3 is 2.90 bits per heavy atom. The maximum absolute atomic E-state index is 12.0. The summed E-state index contributed by atoms with van der Waals surface area (Å²) in [7, 11) is 0. The van der Waals surface area contributed by atoms with Crippen molar-refractivity contribution in [1.82, 2.24) is 24.8 Å². The topological polar surface area (TPSA) is 72.7 Å². The first-order valence-electron chi connectivity index (χ1n) is 7.23. The highest BCUT2D eigenvalue weighted by Crippen LogP contribution is 2.01. The van der Waals surface area contributed by atoms with Gasteiger partial charge in [-0.3, -0.25) is 14.8 Å². The van der Waals surface area contributed by atoms with Crippen LogP contribution in [0.25, 0.3) is 0 Å². The van der Waals surface area contributed by atoms with Crippen LogP contribution in [0.5, 0.6) is 0 Å². The van der Waals surface area contributed by atoms with Crippen molar-refractivity contribution < 1.29 is 4.79 Å². The van der Waals surface area contributed by atoms with Crippen molar-refractivity contribution in [3.05, 3.63) is 42.5 Å². The molecule has 0 aliphatic rings. The molecule has 0 saturated heterocycles. The summed E-state index contributed by atoms with van der Waals surface area (Å²) in [5.74, 6) is 1.05. The van der Waals surface area contributed by atoms with Crippen molar-refractivity contribution in [2.24, 2.45) is 0 Å². The third kappa shape index (κ3) is 4.66. The summed E-state index contributed by atoms with van der Waals surface area (Å²) in [4.78, 5) is 24.4. The zero-order valence-electron chi connectivity index (χ0n) is 12.5. The van der Waals surface area contributed by atoms with Gasteiger partial charge in [0.15, 0.2) is 0 Å². The van der Waals surface area contributed by atoms with Crippen LogP contribution in [-0.4, -0.2) is 31.5 Å². The summed E-state index contributed by atoms with van der Waals surface area (Å²) in [6, 6.07) is 0.0441. The Bertz CT molecular complexity index is 566. The van der Waals surface area contributed by atoms with Crippen LogP contribution in [0.15, 0.2) is 31.0 Å². The van der Waals surface area contributed by atoms with Crippen LogP contribution in [0.3, 0.4) is 0 Å². The van der Waals surface area contributed by atoms with Gasteiger partial charge in [-0.15, -0.1) is 0 Å². The Hall–Kier alpha value is -2.24. The maximum Gasteiger partial charge on any atom is 0.222 e. The summed E-state index contributed by atoms with van der Waals surface area (Å²) in [5, 5.41) is 2.99. The predicted octanol–water partition coefficient (Wildman–Crippen LogP) is 1.37. The molecule has 0 aromatic carbocycles. The lowest BCUT2D eigenvalue weighted by molar-refractivity contribution is -0.121. The molecule has 0 aliphatic carbocycles. The van der Waals surface area contributed by atoms with Gasteiger partial charge in [-0.2, -0.15) is 0 Å². The zero-order chi connectivity index (χ0) is 15.1. The van der Waals surface area contributed by atoms with Crippen LogP contribution in [0.2, 0.25) is 0 Å². The molecular formula is C15H21N5O. The normalized spacial score (nSPS) is 12.1. The second-order valence-electron chi connectivity index (χ2n) is 5.01. The van der Waals surface area contributed by atoms with E-state index in [4.69, 9.17) is 0 Å². The molecule has 0 radical (unpaired) electrons. The summed E-state index contributed by atoms with van der Waals surface area (Å²) in [6.07, 6.45) is 10.7. The number of nitrogens with zero attached hydrogens (tertiary/aromatic N) is 4. The number of hydrogen-bond donors (Lipinski definition) is 1. The predicted molar refractivity (Wildman–Crippen MR) is 79.6 cm³/mol. The molecule has 2 heterocycles. The van der Waals surface area contributed by atoms with Crippen molar-refractivity contribution in [2.45, 2.75) is 45.7 Å². The fourth-order valence-electron chi connectivity index (χ4n) is 2.23. The summed E-state index contributed by atoms with van der Waals surface area (Å²) in [5.41, 5.74) is 0.883. The fourth-order valence-corrected chi connectivity index (χ4v) is 2.23. The minimum atomic E-state index is 0.0437. The highest BCUT2D eigenvalue weighted by molar-refractivity contribution is 5.76. The molecule has 112 valence electrons. The van der Waals surface area contributed by atoms with E-state index in [-0.39, 0.29) is 11.9 Å². The summed E-state index contributed by atoms with van der Waals surface area (Å²) in [6.45, 7) is 4.69. The quantitative estimate of drug-likeness (QED) is 0.835. The average molecular weight is 287 g/mol. The van der Waals surface area contributed by atoms with E-state index in [1.54, 1.807) is 24.8 Å². The molecule has 6 heteroatoms. The summed E-state index contributed by atoms with van der Waals surface area (Å²) >= 11 is 0. The number of carbonyl (C=O) groups excluding carboxylic acids is 1. The Kier molecular flexibility index (Phi) is 5.43. The van der Waals surface area contributed by atoms with Crippen LogP contribution < -0.4 is 5.32 Å². The van der Waals surface area contributed by atoms with E-state index in [2.05, 4.69) is 27.2 Å². The van der Waals surface area contributed by atoms with Gasteiger partial charge >= 0.3 is 0 Å². The van der Waals surface area contributed by atoms with E-state index in [0.29, 0.717) is 19.4 Å². The van der Waals surface area contributed by atoms with Crippen molar-refractivity contribution in [2.75, 3.05) is 0 Å². The highest BCUT2D eigenvalue weighted by Gasteiger charge is 2.10. The van der Waals surface area contributed by atoms with Crippen LogP contribution in [0, 0.1) is 0 Å². The van der Waals surface area contributed by atoms with E-state index in [1.807, 2.05) is 17.7 Å². The first kappa shape index (κ1) is 15.2. The monoisotopic (exact) mass is 287 g/mol. The third-order valence-electron chi connectivity index (χ3n) is 3.24. The van der Waals surface area contributed by atoms with Crippen LogP contribution >= 0.6 is 0 Å². The highest BCUT2D eigenvalue weighted by atomic mass is 16.1.